The Morgan fingerprint density at radius 1 is 0.952 bits per heavy atom. The maximum absolute atomic E-state index is 10.2. The summed E-state index contributed by atoms with van der Waals surface area (Å²) < 4.78 is 5.62. The van der Waals surface area contributed by atoms with Crippen molar-refractivity contribution in [2.45, 2.75) is 39.2 Å². The fraction of sp³-hybridized carbons (Fsp3) is 0.368. The van der Waals surface area contributed by atoms with Crippen molar-refractivity contribution in [2.24, 2.45) is 0 Å². The summed E-state index contributed by atoms with van der Waals surface area (Å²) in [5.74, 6) is 0.783. The molecule has 0 fully saturated rings. The van der Waals surface area contributed by atoms with E-state index in [-0.39, 0.29) is 12.0 Å². The molecule has 2 aromatic rings. The average Bonchev–Trinajstić information content (AvgIpc) is 2.45. The Morgan fingerprint density at radius 2 is 1.52 bits per heavy atom. The van der Waals surface area contributed by atoms with Crippen LogP contribution in [0.4, 0.5) is 0 Å². The van der Waals surface area contributed by atoms with E-state index in [1.165, 1.54) is 11.1 Å². The molecule has 1 unspecified atom stereocenters. The molecule has 2 aromatic carbocycles. The summed E-state index contributed by atoms with van der Waals surface area (Å²) in [6.07, 6.45) is -0.611. The minimum Gasteiger partial charge on any atom is -0.491 e. The van der Waals surface area contributed by atoms with Crippen LogP contribution in [-0.2, 0) is 5.41 Å². The predicted octanol–water partition coefficient (Wildman–Crippen LogP) is 4.40. The Bertz CT molecular complexity index is 562. The molecule has 0 heterocycles. The second-order valence-corrected chi connectivity index (χ2v) is 6.51. The number of rotatable bonds is 4. The molecule has 0 saturated carbocycles. The Hall–Kier alpha value is -1.80. The molecule has 1 N–H and O–H groups in total. The van der Waals surface area contributed by atoms with Crippen LogP contribution in [0, 0.1) is 6.92 Å². The fourth-order valence-electron chi connectivity index (χ4n) is 2.11. The van der Waals surface area contributed by atoms with Crippen molar-refractivity contribution in [3.05, 3.63) is 65.2 Å². The van der Waals surface area contributed by atoms with Gasteiger partial charge in [0.1, 0.15) is 18.5 Å². The van der Waals surface area contributed by atoms with E-state index in [1.54, 1.807) is 0 Å². The van der Waals surface area contributed by atoms with Crippen LogP contribution >= 0.6 is 0 Å². The van der Waals surface area contributed by atoms with Gasteiger partial charge in [-0.25, -0.2) is 0 Å². The van der Waals surface area contributed by atoms with Gasteiger partial charge in [0.15, 0.2) is 0 Å². The highest BCUT2D eigenvalue weighted by Gasteiger charge is 2.14. The molecule has 0 spiro atoms. The monoisotopic (exact) mass is 284 g/mol. The summed E-state index contributed by atoms with van der Waals surface area (Å²) in [5.41, 5.74) is 3.47. The molecular weight excluding hydrogens is 260 g/mol. The van der Waals surface area contributed by atoms with Crippen LogP contribution in [0.1, 0.15) is 43.6 Å². The van der Waals surface area contributed by atoms with Crippen LogP contribution in [0.3, 0.4) is 0 Å². The van der Waals surface area contributed by atoms with Crippen LogP contribution in [-0.4, -0.2) is 11.7 Å². The summed E-state index contributed by atoms with van der Waals surface area (Å²) >= 11 is 0. The molecule has 0 aromatic heterocycles. The second kappa shape index (κ2) is 6.31. The third-order valence-corrected chi connectivity index (χ3v) is 3.59. The second-order valence-electron chi connectivity index (χ2n) is 6.51. The lowest BCUT2D eigenvalue weighted by molar-refractivity contribution is 0.108. The Balaban J connectivity index is 1.97. The molecule has 0 saturated heterocycles. The highest BCUT2D eigenvalue weighted by molar-refractivity contribution is 5.29. The molecule has 1 atom stereocenters. The van der Waals surface area contributed by atoms with Gasteiger partial charge in [-0.1, -0.05) is 62.7 Å². The summed E-state index contributed by atoms with van der Waals surface area (Å²) in [6, 6.07) is 15.9. The first-order valence-electron chi connectivity index (χ1n) is 7.34. The van der Waals surface area contributed by atoms with Crippen molar-refractivity contribution >= 4 is 0 Å². The van der Waals surface area contributed by atoms with Gasteiger partial charge in [0.05, 0.1) is 0 Å². The molecule has 0 radical (unpaired) electrons. The van der Waals surface area contributed by atoms with E-state index in [4.69, 9.17) is 4.74 Å². The normalized spacial score (nSPS) is 13.0. The van der Waals surface area contributed by atoms with Gasteiger partial charge < -0.3 is 9.84 Å². The number of aliphatic hydroxyl groups is 1. The third-order valence-electron chi connectivity index (χ3n) is 3.59. The van der Waals surface area contributed by atoms with Gasteiger partial charge in [0, 0.05) is 0 Å². The zero-order valence-electron chi connectivity index (χ0n) is 13.3. The van der Waals surface area contributed by atoms with Crippen molar-refractivity contribution in [3.8, 4) is 5.75 Å². The van der Waals surface area contributed by atoms with Gasteiger partial charge in [-0.3, -0.25) is 0 Å². The molecule has 0 aliphatic heterocycles. The van der Waals surface area contributed by atoms with Crippen molar-refractivity contribution in [2.75, 3.05) is 6.61 Å². The van der Waals surface area contributed by atoms with Crippen LogP contribution in [0.2, 0.25) is 0 Å². The summed E-state index contributed by atoms with van der Waals surface area (Å²) in [6.45, 7) is 8.84. The first-order valence-corrected chi connectivity index (χ1v) is 7.34. The summed E-state index contributed by atoms with van der Waals surface area (Å²) in [4.78, 5) is 0. The van der Waals surface area contributed by atoms with E-state index < -0.39 is 6.10 Å². The van der Waals surface area contributed by atoms with Gasteiger partial charge in [0.2, 0.25) is 0 Å². The van der Waals surface area contributed by atoms with Gasteiger partial charge in [-0.2, -0.15) is 0 Å². The molecule has 0 bridgehead atoms. The zero-order valence-corrected chi connectivity index (χ0v) is 13.3. The first-order chi connectivity index (χ1) is 9.86. The van der Waals surface area contributed by atoms with Crippen molar-refractivity contribution < 1.29 is 9.84 Å². The quantitative estimate of drug-likeness (QED) is 0.901. The Labute approximate surface area is 127 Å². The maximum Gasteiger partial charge on any atom is 0.119 e. The average molecular weight is 284 g/mol. The van der Waals surface area contributed by atoms with Crippen LogP contribution in [0.25, 0.3) is 0 Å². The highest BCUT2D eigenvalue weighted by atomic mass is 16.5. The third kappa shape index (κ3) is 4.33. The van der Waals surface area contributed by atoms with Crippen molar-refractivity contribution in [3.63, 3.8) is 0 Å². The van der Waals surface area contributed by atoms with E-state index in [2.05, 4.69) is 32.9 Å². The summed E-state index contributed by atoms with van der Waals surface area (Å²) in [7, 11) is 0. The van der Waals surface area contributed by atoms with Crippen molar-refractivity contribution in [1.82, 2.24) is 0 Å². The van der Waals surface area contributed by atoms with E-state index >= 15 is 0 Å². The standard InChI is InChI=1S/C19H24O2/c1-14-5-11-17(12-6-14)21-13-18(20)15-7-9-16(10-8-15)19(2,3)4/h5-12,18,20H,13H2,1-4H3. The number of hydrogen-bond donors (Lipinski definition) is 1. The van der Waals surface area contributed by atoms with Crippen molar-refractivity contribution in [1.29, 1.82) is 0 Å². The lowest BCUT2D eigenvalue weighted by atomic mass is 9.86. The molecule has 2 rings (SSSR count). The molecule has 0 aliphatic rings. The topological polar surface area (TPSA) is 29.5 Å². The Morgan fingerprint density at radius 3 is 2.05 bits per heavy atom. The number of hydrogen-bond acceptors (Lipinski definition) is 2. The minimum absolute atomic E-state index is 0.127. The van der Waals surface area contributed by atoms with Gasteiger partial charge in [0.25, 0.3) is 0 Å². The number of benzene rings is 2. The van der Waals surface area contributed by atoms with E-state index in [1.807, 2.05) is 43.3 Å². The van der Waals surface area contributed by atoms with Crippen LogP contribution < -0.4 is 4.74 Å². The molecular formula is C19H24O2. The highest BCUT2D eigenvalue weighted by Crippen LogP contribution is 2.24. The minimum atomic E-state index is -0.611. The zero-order chi connectivity index (χ0) is 15.5. The number of aryl methyl sites for hydroxylation is 1. The SMILES string of the molecule is Cc1ccc(OCC(O)c2ccc(C(C)(C)C)cc2)cc1. The fourth-order valence-corrected chi connectivity index (χ4v) is 2.11. The molecule has 2 nitrogen and oxygen atoms in total. The lowest BCUT2D eigenvalue weighted by Gasteiger charge is -2.20. The Kier molecular flexibility index (Phi) is 4.69. The number of aliphatic hydroxyl groups excluding tert-OH is 1. The van der Waals surface area contributed by atoms with E-state index in [9.17, 15) is 5.11 Å². The van der Waals surface area contributed by atoms with Crippen LogP contribution in [0.15, 0.2) is 48.5 Å². The van der Waals surface area contributed by atoms with Gasteiger partial charge in [-0.15, -0.1) is 0 Å². The molecule has 0 amide bonds. The largest absolute Gasteiger partial charge is 0.491 e. The first kappa shape index (κ1) is 15.6. The lowest BCUT2D eigenvalue weighted by Crippen LogP contribution is -2.13. The summed E-state index contributed by atoms with van der Waals surface area (Å²) in [5, 5.41) is 10.2. The number of ether oxygens (including phenoxy) is 1. The van der Waals surface area contributed by atoms with E-state index in [0.717, 1.165) is 11.3 Å². The van der Waals surface area contributed by atoms with E-state index in [0.29, 0.717) is 0 Å². The molecule has 2 heteroatoms. The molecule has 21 heavy (non-hydrogen) atoms. The predicted molar refractivity (Wildman–Crippen MR) is 86.8 cm³/mol. The van der Waals surface area contributed by atoms with Crippen LogP contribution in [0.5, 0.6) is 5.75 Å². The smallest absolute Gasteiger partial charge is 0.119 e. The van der Waals surface area contributed by atoms with Gasteiger partial charge >= 0.3 is 0 Å². The molecule has 0 aliphatic carbocycles. The van der Waals surface area contributed by atoms with Gasteiger partial charge in [-0.05, 0) is 35.6 Å². The maximum atomic E-state index is 10.2. The molecule has 112 valence electrons.